The molecule has 0 radical (unpaired) electrons. The monoisotopic (exact) mass is 317 g/mol. The van der Waals surface area contributed by atoms with Crippen LogP contribution in [0.25, 0.3) is 11.2 Å². The van der Waals surface area contributed by atoms with Crippen LogP contribution < -0.4 is 10.9 Å². The summed E-state index contributed by atoms with van der Waals surface area (Å²) in [6, 6.07) is 0. The molecule has 0 aliphatic heterocycles. The van der Waals surface area contributed by atoms with Crippen LogP contribution in [0.15, 0.2) is 4.79 Å². The van der Waals surface area contributed by atoms with E-state index in [0.717, 1.165) is 6.54 Å². The fourth-order valence-corrected chi connectivity index (χ4v) is 3.27. The van der Waals surface area contributed by atoms with Crippen LogP contribution in [0.1, 0.15) is 56.6 Å². The number of ketones is 1. The predicted octanol–water partition coefficient (Wildman–Crippen LogP) is 2.33. The number of anilines is 1. The Bertz CT molecular complexity index is 771. The lowest BCUT2D eigenvalue weighted by atomic mass is 9.89. The number of nitrogens with zero attached hydrogens (tertiary/aromatic N) is 3. The van der Waals surface area contributed by atoms with Crippen LogP contribution in [0.3, 0.4) is 0 Å². The number of aromatic nitrogens is 4. The lowest BCUT2D eigenvalue weighted by molar-refractivity contribution is 0.100. The Hall–Kier alpha value is -2.18. The molecular formula is C16H23N5O2. The molecule has 1 aliphatic carbocycles. The molecule has 1 fully saturated rings. The summed E-state index contributed by atoms with van der Waals surface area (Å²) in [7, 11) is 0. The second kappa shape index (κ2) is 6.52. The zero-order valence-corrected chi connectivity index (χ0v) is 13.7. The third kappa shape index (κ3) is 3.13. The van der Waals surface area contributed by atoms with Crippen molar-refractivity contribution >= 4 is 22.9 Å². The summed E-state index contributed by atoms with van der Waals surface area (Å²) in [6.45, 7) is 4.89. The van der Waals surface area contributed by atoms with Gasteiger partial charge in [-0.1, -0.05) is 19.3 Å². The van der Waals surface area contributed by atoms with E-state index in [4.69, 9.17) is 0 Å². The van der Waals surface area contributed by atoms with Crippen LogP contribution in [0.5, 0.6) is 0 Å². The van der Waals surface area contributed by atoms with Crippen molar-refractivity contribution in [1.29, 1.82) is 0 Å². The number of imidazole rings is 1. The molecule has 7 nitrogen and oxygen atoms in total. The van der Waals surface area contributed by atoms with Crippen molar-refractivity contribution in [3.8, 4) is 0 Å². The zero-order chi connectivity index (χ0) is 16.4. The predicted molar refractivity (Wildman–Crippen MR) is 88.9 cm³/mol. The zero-order valence-electron chi connectivity index (χ0n) is 13.7. The minimum Gasteiger partial charge on any atom is -0.356 e. The number of aromatic amines is 1. The standard InChI is InChI=1S/C16H23N5O2/c1-3-17-16-18-12-14(19-13(10(2)22)20-15(12)23)21(16)9-11-7-5-4-6-8-11/h11H,3-9H2,1-2H3,(H,17,18)(H,19,20,23). The van der Waals surface area contributed by atoms with Gasteiger partial charge in [0.2, 0.25) is 5.95 Å². The Labute approximate surface area is 134 Å². The molecule has 0 atom stereocenters. The Morgan fingerprint density at radius 1 is 1.30 bits per heavy atom. The Kier molecular flexibility index (Phi) is 4.45. The first-order chi connectivity index (χ1) is 11.1. The van der Waals surface area contributed by atoms with Crippen LogP contribution in [-0.2, 0) is 6.54 Å². The van der Waals surface area contributed by atoms with Gasteiger partial charge in [0.1, 0.15) is 0 Å². The molecule has 2 aromatic rings. The molecule has 0 bridgehead atoms. The first-order valence-corrected chi connectivity index (χ1v) is 8.35. The molecule has 1 saturated carbocycles. The first kappa shape index (κ1) is 15.7. The summed E-state index contributed by atoms with van der Waals surface area (Å²) in [5.41, 5.74) is 0.434. The van der Waals surface area contributed by atoms with E-state index in [1.807, 2.05) is 11.5 Å². The second-order valence-electron chi connectivity index (χ2n) is 6.22. The summed E-state index contributed by atoms with van der Waals surface area (Å²) >= 11 is 0. The maximum Gasteiger partial charge on any atom is 0.279 e. The molecule has 3 rings (SSSR count). The largest absolute Gasteiger partial charge is 0.356 e. The van der Waals surface area contributed by atoms with E-state index in [0.29, 0.717) is 29.6 Å². The van der Waals surface area contributed by atoms with Crippen molar-refractivity contribution in [3.63, 3.8) is 0 Å². The highest BCUT2D eigenvalue weighted by Crippen LogP contribution is 2.27. The van der Waals surface area contributed by atoms with Gasteiger partial charge in [-0.3, -0.25) is 14.2 Å². The highest BCUT2D eigenvalue weighted by atomic mass is 16.1. The van der Waals surface area contributed by atoms with Crippen molar-refractivity contribution in [3.05, 3.63) is 16.2 Å². The number of H-pyrrole nitrogens is 1. The Balaban J connectivity index is 2.09. The number of Topliss-reactive ketones (excluding diaryl/α,β-unsaturated/α-hetero) is 1. The lowest BCUT2D eigenvalue weighted by Crippen LogP contribution is -2.18. The van der Waals surface area contributed by atoms with Crippen LogP contribution in [0, 0.1) is 5.92 Å². The molecule has 7 heteroatoms. The van der Waals surface area contributed by atoms with Crippen molar-refractivity contribution in [2.75, 3.05) is 11.9 Å². The van der Waals surface area contributed by atoms with Crippen LogP contribution in [-0.4, -0.2) is 31.8 Å². The van der Waals surface area contributed by atoms with E-state index >= 15 is 0 Å². The van der Waals surface area contributed by atoms with E-state index in [-0.39, 0.29) is 17.2 Å². The summed E-state index contributed by atoms with van der Waals surface area (Å²) in [5.74, 6) is 1.07. The normalized spacial score (nSPS) is 15.9. The topological polar surface area (TPSA) is 92.7 Å². The van der Waals surface area contributed by atoms with Gasteiger partial charge in [0, 0.05) is 20.0 Å². The molecule has 1 aliphatic rings. The summed E-state index contributed by atoms with van der Waals surface area (Å²) < 4.78 is 1.97. The minimum absolute atomic E-state index is 0.0929. The maximum atomic E-state index is 12.2. The molecular weight excluding hydrogens is 294 g/mol. The average molecular weight is 317 g/mol. The number of fused-ring (bicyclic) bond motifs is 1. The number of carbonyl (C=O) groups excluding carboxylic acids is 1. The van der Waals surface area contributed by atoms with Crippen molar-refractivity contribution < 1.29 is 4.79 Å². The highest BCUT2D eigenvalue weighted by molar-refractivity contribution is 5.91. The SMILES string of the molecule is CCNc1nc2c(=O)[nH]c(C(C)=O)nc2n1CC1CCCCC1. The van der Waals surface area contributed by atoms with Gasteiger partial charge in [0.05, 0.1) is 0 Å². The first-order valence-electron chi connectivity index (χ1n) is 8.35. The van der Waals surface area contributed by atoms with E-state index in [9.17, 15) is 9.59 Å². The van der Waals surface area contributed by atoms with Crippen LogP contribution in [0.4, 0.5) is 5.95 Å². The van der Waals surface area contributed by atoms with Gasteiger partial charge in [-0.25, -0.2) is 9.97 Å². The molecule has 0 unspecified atom stereocenters. The van der Waals surface area contributed by atoms with Gasteiger partial charge in [-0.2, -0.15) is 0 Å². The number of rotatable bonds is 5. The number of hydrogen-bond acceptors (Lipinski definition) is 5. The van der Waals surface area contributed by atoms with E-state index in [1.54, 1.807) is 0 Å². The lowest BCUT2D eigenvalue weighted by Gasteiger charge is -2.23. The van der Waals surface area contributed by atoms with Gasteiger partial charge in [-0.15, -0.1) is 0 Å². The highest BCUT2D eigenvalue weighted by Gasteiger charge is 2.21. The molecule has 0 amide bonds. The van der Waals surface area contributed by atoms with Gasteiger partial charge in [-0.05, 0) is 25.7 Å². The second-order valence-corrected chi connectivity index (χ2v) is 6.22. The van der Waals surface area contributed by atoms with Crippen molar-refractivity contribution in [2.24, 2.45) is 5.92 Å². The van der Waals surface area contributed by atoms with Crippen molar-refractivity contribution in [1.82, 2.24) is 19.5 Å². The molecule has 23 heavy (non-hydrogen) atoms. The van der Waals surface area contributed by atoms with Gasteiger partial charge in [0.15, 0.2) is 22.8 Å². The summed E-state index contributed by atoms with van der Waals surface area (Å²) in [6.07, 6.45) is 6.18. The average Bonchev–Trinajstić information content (AvgIpc) is 2.87. The van der Waals surface area contributed by atoms with Crippen LogP contribution in [0.2, 0.25) is 0 Å². The smallest absolute Gasteiger partial charge is 0.279 e. The van der Waals surface area contributed by atoms with Gasteiger partial charge < -0.3 is 10.3 Å². The van der Waals surface area contributed by atoms with E-state index in [2.05, 4.69) is 20.3 Å². The number of nitrogens with one attached hydrogen (secondary N) is 2. The molecule has 2 aromatic heterocycles. The molecule has 2 N–H and O–H groups in total. The molecule has 2 heterocycles. The molecule has 0 spiro atoms. The Morgan fingerprint density at radius 2 is 2.04 bits per heavy atom. The molecule has 0 aromatic carbocycles. The molecule has 0 saturated heterocycles. The van der Waals surface area contributed by atoms with E-state index in [1.165, 1.54) is 39.0 Å². The fraction of sp³-hybridized carbons (Fsp3) is 0.625. The van der Waals surface area contributed by atoms with Gasteiger partial charge in [0.25, 0.3) is 5.56 Å². The summed E-state index contributed by atoms with van der Waals surface area (Å²) in [5, 5.41) is 3.21. The van der Waals surface area contributed by atoms with Crippen LogP contribution >= 0.6 is 0 Å². The fourth-order valence-electron chi connectivity index (χ4n) is 3.27. The number of carbonyl (C=O) groups is 1. The minimum atomic E-state index is -0.359. The third-order valence-electron chi connectivity index (χ3n) is 4.44. The Morgan fingerprint density at radius 3 is 2.70 bits per heavy atom. The third-order valence-corrected chi connectivity index (χ3v) is 4.44. The quantitative estimate of drug-likeness (QED) is 0.826. The van der Waals surface area contributed by atoms with Crippen molar-refractivity contribution in [2.45, 2.75) is 52.5 Å². The summed E-state index contributed by atoms with van der Waals surface area (Å²) in [4.78, 5) is 35.1. The maximum absolute atomic E-state index is 12.2. The van der Waals surface area contributed by atoms with E-state index < -0.39 is 0 Å². The van der Waals surface area contributed by atoms with Gasteiger partial charge >= 0.3 is 0 Å². The number of hydrogen-bond donors (Lipinski definition) is 2. The molecule has 124 valence electrons.